The van der Waals surface area contributed by atoms with Gasteiger partial charge in [0.05, 0.1) is 12.1 Å². The summed E-state index contributed by atoms with van der Waals surface area (Å²) in [6, 6.07) is -1.03. The van der Waals surface area contributed by atoms with E-state index in [1.807, 2.05) is 0 Å². The maximum atomic E-state index is 11.4. The number of amides is 2. The fraction of sp³-hybridized carbons (Fsp3) is 0.800. The van der Waals surface area contributed by atoms with Crippen molar-refractivity contribution in [2.45, 2.75) is 25.9 Å². The Hall–Kier alpha value is -1.14. The zero-order chi connectivity index (χ0) is 12.9. The molecule has 0 rings (SSSR count). The summed E-state index contributed by atoms with van der Waals surface area (Å²) >= 11 is 0. The molecule has 0 aliphatic heterocycles. The number of rotatable bonds is 5. The Morgan fingerprint density at radius 1 is 0.938 bits per heavy atom. The van der Waals surface area contributed by atoms with Crippen molar-refractivity contribution in [3.63, 3.8) is 0 Å². The van der Waals surface area contributed by atoms with Crippen LogP contribution >= 0.6 is 0 Å². The molecule has 0 heterocycles. The number of likely N-dealkylation sites (N-methyl/N-ethyl adjacent to an activating group) is 2. The molecular weight excluding hydrogens is 208 g/mol. The SMILES string of the molecule is C[C@@H](N)C(=O)N(C)CCN(C)C(=O)[C@@H](C)N. The first-order chi connectivity index (χ1) is 7.27. The molecule has 4 N–H and O–H groups in total. The molecule has 6 heteroatoms. The third-order valence-electron chi connectivity index (χ3n) is 2.30. The van der Waals surface area contributed by atoms with Gasteiger partial charge in [-0.3, -0.25) is 9.59 Å². The van der Waals surface area contributed by atoms with E-state index >= 15 is 0 Å². The highest BCUT2D eigenvalue weighted by Crippen LogP contribution is 1.93. The van der Waals surface area contributed by atoms with Crippen LogP contribution < -0.4 is 11.5 Å². The van der Waals surface area contributed by atoms with E-state index in [0.29, 0.717) is 13.1 Å². The molecule has 94 valence electrons. The van der Waals surface area contributed by atoms with Crippen LogP contribution in [0.4, 0.5) is 0 Å². The second-order valence-electron chi connectivity index (χ2n) is 4.10. The van der Waals surface area contributed by atoms with E-state index in [-0.39, 0.29) is 11.8 Å². The molecule has 0 saturated carbocycles. The first kappa shape index (κ1) is 14.9. The summed E-state index contributed by atoms with van der Waals surface area (Å²) in [5, 5.41) is 0. The van der Waals surface area contributed by atoms with Crippen LogP contribution in [0.1, 0.15) is 13.8 Å². The highest BCUT2D eigenvalue weighted by molar-refractivity contribution is 5.82. The van der Waals surface area contributed by atoms with Gasteiger partial charge in [-0.15, -0.1) is 0 Å². The van der Waals surface area contributed by atoms with Gasteiger partial charge in [-0.2, -0.15) is 0 Å². The summed E-state index contributed by atoms with van der Waals surface area (Å²) in [6.07, 6.45) is 0. The summed E-state index contributed by atoms with van der Waals surface area (Å²) in [6.45, 7) is 4.18. The maximum Gasteiger partial charge on any atom is 0.238 e. The minimum absolute atomic E-state index is 0.137. The van der Waals surface area contributed by atoms with E-state index in [0.717, 1.165) is 0 Å². The Kier molecular flexibility index (Phi) is 5.98. The smallest absolute Gasteiger partial charge is 0.238 e. The van der Waals surface area contributed by atoms with E-state index < -0.39 is 12.1 Å². The molecule has 0 radical (unpaired) electrons. The number of nitrogens with two attached hydrogens (primary N) is 2. The van der Waals surface area contributed by atoms with E-state index in [2.05, 4.69) is 0 Å². The molecule has 0 bridgehead atoms. The lowest BCUT2D eigenvalue weighted by atomic mass is 10.3. The van der Waals surface area contributed by atoms with Crippen LogP contribution in [-0.2, 0) is 9.59 Å². The Morgan fingerprint density at radius 3 is 1.38 bits per heavy atom. The molecule has 0 aliphatic carbocycles. The van der Waals surface area contributed by atoms with Gasteiger partial charge in [0.25, 0.3) is 0 Å². The lowest BCUT2D eigenvalue weighted by Crippen LogP contribution is -2.46. The first-order valence-electron chi connectivity index (χ1n) is 5.28. The lowest BCUT2D eigenvalue weighted by Gasteiger charge is -2.24. The second-order valence-corrected chi connectivity index (χ2v) is 4.10. The molecule has 6 nitrogen and oxygen atoms in total. The Bertz CT molecular complexity index is 227. The maximum absolute atomic E-state index is 11.4. The van der Waals surface area contributed by atoms with Gasteiger partial charge in [0.1, 0.15) is 0 Å². The Balaban J connectivity index is 4.06. The number of hydrogen-bond donors (Lipinski definition) is 2. The minimum Gasteiger partial charge on any atom is -0.343 e. The van der Waals surface area contributed by atoms with E-state index in [9.17, 15) is 9.59 Å². The van der Waals surface area contributed by atoms with E-state index in [1.54, 1.807) is 27.9 Å². The second kappa shape index (κ2) is 6.44. The Morgan fingerprint density at radius 2 is 1.19 bits per heavy atom. The van der Waals surface area contributed by atoms with Gasteiger partial charge in [0.15, 0.2) is 0 Å². The fourth-order valence-corrected chi connectivity index (χ4v) is 1.22. The first-order valence-corrected chi connectivity index (χ1v) is 5.28. The third-order valence-corrected chi connectivity index (χ3v) is 2.30. The summed E-state index contributed by atoms with van der Waals surface area (Å²) in [7, 11) is 3.33. The predicted octanol–water partition coefficient (Wildman–Crippen LogP) is -1.40. The van der Waals surface area contributed by atoms with Gasteiger partial charge in [0, 0.05) is 27.2 Å². The third kappa shape index (κ3) is 4.59. The molecular formula is C10H22N4O2. The average molecular weight is 230 g/mol. The molecule has 0 spiro atoms. The van der Waals surface area contributed by atoms with Gasteiger partial charge >= 0.3 is 0 Å². The molecule has 0 aliphatic rings. The lowest BCUT2D eigenvalue weighted by molar-refractivity contribution is -0.134. The van der Waals surface area contributed by atoms with Crippen LogP contribution in [0.2, 0.25) is 0 Å². The van der Waals surface area contributed by atoms with Crippen molar-refractivity contribution in [2.24, 2.45) is 11.5 Å². The van der Waals surface area contributed by atoms with Crippen molar-refractivity contribution in [2.75, 3.05) is 27.2 Å². The van der Waals surface area contributed by atoms with Crippen molar-refractivity contribution in [1.29, 1.82) is 0 Å². The molecule has 0 fully saturated rings. The van der Waals surface area contributed by atoms with Crippen LogP contribution in [0.5, 0.6) is 0 Å². The molecule has 16 heavy (non-hydrogen) atoms. The molecule has 0 unspecified atom stereocenters. The standard InChI is InChI=1S/C10H22N4O2/c1-7(11)9(15)13(3)5-6-14(4)10(16)8(2)12/h7-8H,5-6,11-12H2,1-4H3/t7-,8-/m1/s1. The van der Waals surface area contributed by atoms with E-state index in [1.165, 1.54) is 9.80 Å². The molecule has 0 aromatic heterocycles. The van der Waals surface area contributed by atoms with Crippen molar-refractivity contribution in [3.05, 3.63) is 0 Å². The molecule has 0 aromatic rings. The predicted molar refractivity (Wildman–Crippen MR) is 62.6 cm³/mol. The van der Waals surface area contributed by atoms with Crippen molar-refractivity contribution in [3.8, 4) is 0 Å². The average Bonchev–Trinajstić information content (AvgIpc) is 2.22. The zero-order valence-electron chi connectivity index (χ0n) is 10.4. The van der Waals surface area contributed by atoms with Crippen LogP contribution in [0, 0.1) is 0 Å². The van der Waals surface area contributed by atoms with Gasteiger partial charge in [-0.25, -0.2) is 0 Å². The normalized spacial score (nSPS) is 14.1. The summed E-state index contributed by atoms with van der Waals surface area (Å²) in [5.41, 5.74) is 10.9. The van der Waals surface area contributed by atoms with Crippen LogP contribution in [0.3, 0.4) is 0 Å². The Labute approximate surface area is 96.5 Å². The van der Waals surface area contributed by atoms with Crippen molar-refractivity contribution < 1.29 is 9.59 Å². The summed E-state index contributed by atoms with van der Waals surface area (Å²) in [5.74, 6) is -0.275. The van der Waals surface area contributed by atoms with Gasteiger partial charge in [-0.1, -0.05) is 0 Å². The molecule has 0 saturated heterocycles. The number of nitrogens with zero attached hydrogens (tertiary/aromatic N) is 2. The van der Waals surface area contributed by atoms with Crippen molar-refractivity contribution in [1.82, 2.24) is 9.80 Å². The van der Waals surface area contributed by atoms with Crippen LogP contribution in [-0.4, -0.2) is 60.9 Å². The van der Waals surface area contributed by atoms with Crippen LogP contribution in [0.25, 0.3) is 0 Å². The van der Waals surface area contributed by atoms with Gasteiger partial charge in [-0.05, 0) is 13.8 Å². The molecule has 0 aromatic carbocycles. The minimum atomic E-state index is -0.514. The topological polar surface area (TPSA) is 92.7 Å². The zero-order valence-corrected chi connectivity index (χ0v) is 10.4. The number of hydrogen-bond acceptors (Lipinski definition) is 4. The number of carbonyl (C=O) groups is 2. The van der Waals surface area contributed by atoms with E-state index in [4.69, 9.17) is 11.5 Å². The monoisotopic (exact) mass is 230 g/mol. The summed E-state index contributed by atoms with van der Waals surface area (Å²) in [4.78, 5) is 25.9. The number of carbonyl (C=O) groups excluding carboxylic acids is 2. The highest BCUT2D eigenvalue weighted by atomic mass is 16.2. The van der Waals surface area contributed by atoms with Crippen molar-refractivity contribution >= 4 is 11.8 Å². The quantitative estimate of drug-likeness (QED) is 0.607. The fourth-order valence-electron chi connectivity index (χ4n) is 1.22. The highest BCUT2D eigenvalue weighted by Gasteiger charge is 2.16. The van der Waals surface area contributed by atoms with Crippen LogP contribution in [0.15, 0.2) is 0 Å². The largest absolute Gasteiger partial charge is 0.343 e. The van der Waals surface area contributed by atoms with Gasteiger partial charge in [0.2, 0.25) is 11.8 Å². The van der Waals surface area contributed by atoms with Gasteiger partial charge < -0.3 is 21.3 Å². The summed E-state index contributed by atoms with van der Waals surface area (Å²) < 4.78 is 0. The molecule has 2 atom stereocenters. The molecule has 2 amide bonds.